The van der Waals surface area contributed by atoms with Crippen molar-refractivity contribution in [2.75, 3.05) is 7.11 Å². The Morgan fingerprint density at radius 3 is 2.67 bits per heavy atom. The molecule has 1 N–H and O–H groups in total. The van der Waals surface area contributed by atoms with Crippen molar-refractivity contribution in [2.45, 2.75) is 23.7 Å². The van der Waals surface area contributed by atoms with Crippen LogP contribution in [0.15, 0.2) is 47.4 Å². The van der Waals surface area contributed by atoms with E-state index >= 15 is 0 Å². The summed E-state index contributed by atoms with van der Waals surface area (Å²) in [4.78, 5) is 0.345. The maximum absolute atomic E-state index is 12.9. The Balaban J connectivity index is 2.06. The zero-order valence-electron chi connectivity index (χ0n) is 12.0. The minimum atomic E-state index is -3.47. The van der Waals surface area contributed by atoms with E-state index in [1.165, 1.54) is 0 Å². The molecule has 1 aliphatic heterocycles. The highest BCUT2D eigenvalue weighted by Gasteiger charge is 2.34. The fourth-order valence-electron chi connectivity index (χ4n) is 2.74. The van der Waals surface area contributed by atoms with Crippen LogP contribution in [0.2, 0.25) is 0 Å². The van der Waals surface area contributed by atoms with Gasteiger partial charge in [0.15, 0.2) is 9.84 Å². The van der Waals surface area contributed by atoms with Crippen molar-refractivity contribution in [1.29, 1.82) is 0 Å². The molecule has 2 aromatic carbocycles. The first kappa shape index (κ1) is 14.1. The largest absolute Gasteiger partial charge is 0.497 e. The number of rotatable bonds is 3. The summed E-state index contributed by atoms with van der Waals surface area (Å²) >= 11 is 0. The highest BCUT2D eigenvalue weighted by atomic mass is 32.2. The average Bonchev–Trinajstić information content (AvgIpc) is 2.91. The van der Waals surface area contributed by atoms with E-state index in [-0.39, 0.29) is 0 Å². The number of hydrogen-bond donors (Lipinski definition) is 1. The molecule has 0 radical (unpaired) electrons. The summed E-state index contributed by atoms with van der Waals surface area (Å²) in [6.45, 7) is 2.37. The fraction of sp³-hybridized carbons (Fsp3) is 0.250. The van der Waals surface area contributed by atoms with Crippen molar-refractivity contribution in [1.82, 2.24) is 5.32 Å². The highest BCUT2D eigenvalue weighted by molar-refractivity contribution is 7.91. The fourth-order valence-corrected chi connectivity index (χ4v) is 4.62. The monoisotopic (exact) mass is 303 g/mol. The summed E-state index contributed by atoms with van der Waals surface area (Å²) < 4.78 is 31.0. The van der Waals surface area contributed by atoms with Gasteiger partial charge in [0.1, 0.15) is 11.1 Å². The second-order valence-corrected chi connectivity index (χ2v) is 7.14. The van der Waals surface area contributed by atoms with Crippen LogP contribution in [0.5, 0.6) is 5.75 Å². The first-order chi connectivity index (χ1) is 10.0. The molecule has 21 heavy (non-hydrogen) atoms. The van der Waals surface area contributed by atoms with Crippen LogP contribution in [0.25, 0.3) is 0 Å². The van der Waals surface area contributed by atoms with E-state index in [1.807, 2.05) is 24.3 Å². The van der Waals surface area contributed by atoms with Crippen molar-refractivity contribution in [3.63, 3.8) is 0 Å². The van der Waals surface area contributed by atoms with Gasteiger partial charge >= 0.3 is 0 Å². The van der Waals surface area contributed by atoms with Crippen LogP contribution in [-0.2, 0) is 16.4 Å². The number of ether oxygens (including phenoxy) is 1. The predicted octanol–water partition coefficient (Wildman–Crippen LogP) is 2.58. The number of nitrogens with one attached hydrogen (secondary N) is 1. The van der Waals surface area contributed by atoms with Crippen molar-refractivity contribution in [2.24, 2.45) is 0 Å². The number of methoxy groups -OCH3 is 1. The first-order valence-electron chi connectivity index (χ1n) is 6.74. The molecule has 2 aromatic rings. The third kappa shape index (κ3) is 2.32. The van der Waals surface area contributed by atoms with Crippen LogP contribution >= 0.6 is 0 Å². The summed E-state index contributed by atoms with van der Waals surface area (Å²) in [5, 5.41) is 2.42. The quantitative estimate of drug-likeness (QED) is 0.947. The molecule has 0 saturated carbocycles. The third-order valence-corrected chi connectivity index (χ3v) is 5.93. The number of aryl methyl sites for hydroxylation is 1. The van der Waals surface area contributed by atoms with Crippen LogP contribution in [0.1, 0.15) is 22.1 Å². The van der Waals surface area contributed by atoms with Gasteiger partial charge in [-0.2, -0.15) is 0 Å². The Labute approximate surface area is 124 Å². The number of sulfone groups is 1. The van der Waals surface area contributed by atoms with Gasteiger partial charge in [-0.1, -0.05) is 24.3 Å². The summed E-state index contributed by atoms with van der Waals surface area (Å²) in [5.41, 5.74) is 2.57. The minimum Gasteiger partial charge on any atom is -0.497 e. The average molecular weight is 303 g/mol. The third-order valence-electron chi connectivity index (χ3n) is 3.81. The molecule has 0 fully saturated rings. The van der Waals surface area contributed by atoms with Gasteiger partial charge in [-0.05, 0) is 41.8 Å². The van der Waals surface area contributed by atoms with Crippen molar-refractivity contribution in [3.05, 3.63) is 59.2 Å². The Morgan fingerprint density at radius 1 is 1.19 bits per heavy atom. The summed E-state index contributed by atoms with van der Waals surface area (Å²) in [6.07, 6.45) is 0. The molecule has 0 amide bonds. The number of hydrogen-bond acceptors (Lipinski definition) is 4. The normalized spacial score (nSPS) is 17.5. The van der Waals surface area contributed by atoms with Crippen LogP contribution in [-0.4, -0.2) is 15.5 Å². The van der Waals surface area contributed by atoms with Gasteiger partial charge in [-0.15, -0.1) is 0 Å². The lowest BCUT2D eigenvalue weighted by molar-refractivity contribution is 0.414. The smallest absolute Gasteiger partial charge is 0.198 e. The molecule has 0 aliphatic carbocycles. The molecule has 0 saturated heterocycles. The molecule has 1 atom stereocenters. The zero-order valence-corrected chi connectivity index (χ0v) is 12.8. The summed E-state index contributed by atoms with van der Waals surface area (Å²) in [6, 6.07) is 12.7. The van der Waals surface area contributed by atoms with Gasteiger partial charge in [-0.25, -0.2) is 8.42 Å². The lowest BCUT2D eigenvalue weighted by Gasteiger charge is -2.16. The molecule has 0 spiro atoms. The van der Waals surface area contributed by atoms with Gasteiger partial charge in [0.2, 0.25) is 0 Å². The standard InChI is InChI=1S/C16H17NO3S/c1-11-9-13(20-2)7-8-15(11)21(18,19)16-14-6-4-3-5-12(14)10-17-16/h3-9,16-17H,10H2,1-2H3. The Kier molecular flexibility index (Phi) is 3.47. The molecule has 110 valence electrons. The molecule has 0 bridgehead atoms. The van der Waals surface area contributed by atoms with Crippen LogP contribution in [0.3, 0.4) is 0 Å². The molecule has 3 rings (SSSR count). The van der Waals surface area contributed by atoms with E-state index < -0.39 is 15.2 Å². The molecular formula is C16H17NO3S. The topological polar surface area (TPSA) is 55.4 Å². The van der Waals surface area contributed by atoms with Crippen molar-refractivity contribution in [3.8, 4) is 5.75 Å². The second-order valence-electron chi connectivity index (χ2n) is 5.14. The van der Waals surface area contributed by atoms with Gasteiger partial charge in [0.05, 0.1) is 12.0 Å². The predicted molar refractivity (Wildman–Crippen MR) is 80.9 cm³/mol. The lowest BCUT2D eigenvalue weighted by atomic mass is 10.1. The summed E-state index contributed by atoms with van der Waals surface area (Å²) in [5.74, 6) is 0.659. The van der Waals surface area contributed by atoms with Crippen LogP contribution in [0.4, 0.5) is 0 Å². The van der Waals surface area contributed by atoms with Gasteiger partial charge in [0, 0.05) is 6.54 Å². The Bertz CT molecular complexity index is 784. The first-order valence-corrected chi connectivity index (χ1v) is 8.28. The van der Waals surface area contributed by atoms with Crippen molar-refractivity contribution >= 4 is 9.84 Å². The Morgan fingerprint density at radius 2 is 1.95 bits per heavy atom. The molecule has 5 heteroatoms. The van der Waals surface area contributed by atoms with Gasteiger partial charge in [0.25, 0.3) is 0 Å². The lowest BCUT2D eigenvalue weighted by Crippen LogP contribution is -2.23. The molecule has 0 aromatic heterocycles. The van der Waals surface area contributed by atoms with E-state index in [2.05, 4.69) is 5.32 Å². The summed E-state index contributed by atoms with van der Waals surface area (Å²) in [7, 11) is -1.91. The number of fused-ring (bicyclic) bond motifs is 1. The maximum Gasteiger partial charge on any atom is 0.198 e. The van der Waals surface area contributed by atoms with E-state index in [0.29, 0.717) is 22.8 Å². The van der Waals surface area contributed by atoms with E-state index in [9.17, 15) is 8.42 Å². The highest BCUT2D eigenvalue weighted by Crippen LogP contribution is 2.35. The second kappa shape index (κ2) is 5.16. The van der Waals surface area contributed by atoms with Crippen molar-refractivity contribution < 1.29 is 13.2 Å². The van der Waals surface area contributed by atoms with E-state index in [1.54, 1.807) is 32.2 Å². The van der Waals surface area contributed by atoms with Crippen LogP contribution in [0, 0.1) is 6.92 Å². The van der Waals surface area contributed by atoms with Gasteiger partial charge in [-0.3, -0.25) is 5.32 Å². The maximum atomic E-state index is 12.9. The molecule has 1 unspecified atom stereocenters. The zero-order chi connectivity index (χ0) is 15.0. The Hall–Kier alpha value is -1.85. The van der Waals surface area contributed by atoms with Crippen LogP contribution < -0.4 is 10.1 Å². The molecule has 1 aliphatic rings. The molecule has 4 nitrogen and oxygen atoms in total. The number of benzene rings is 2. The molecular weight excluding hydrogens is 286 g/mol. The van der Waals surface area contributed by atoms with E-state index in [4.69, 9.17) is 4.74 Å². The minimum absolute atomic E-state index is 0.345. The van der Waals surface area contributed by atoms with Gasteiger partial charge < -0.3 is 4.74 Å². The van der Waals surface area contributed by atoms with E-state index in [0.717, 1.165) is 11.1 Å². The molecule has 1 heterocycles. The SMILES string of the molecule is COc1ccc(S(=O)(=O)C2NCc3ccccc32)c(C)c1.